The van der Waals surface area contributed by atoms with Gasteiger partial charge in [-0.1, -0.05) is 25.8 Å². The maximum atomic E-state index is 13.3. The number of alkyl halides is 3. The highest BCUT2D eigenvalue weighted by molar-refractivity contribution is 6.00. The van der Waals surface area contributed by atoms with E-state index in [0.717, 1.165) is 18.9 Å². The summed E-state index contributed by atoms with van der Waals surface area (Å²) in [5, 5.41) is 0. The van der Waals surface area contributed by atoms with E-state index in [2.05, 4.69) is 0 Å². The van der Waals surface area contributed by atoms with Gasteiger partial charge in [-0.3, -0.25) is 4.79 Å². The zero-order chi connectivity index (χ0) is 14.6. The van der Waals surface area contributed by atoms with Gasteiger partial charge in [-0.2, -0.15) is 13.2 Å². The second kappa shape index (κ2) is 6.14. The fraction of sp³-hybridized carbons (Fsp3) is 0.462. The molecule has 106 valence electrons. The minimum atomic E-state index is -4.77. The first-order chi connectivity index (χ1) is 8.77. The van der Waals surface area contributed by atoms with Crippen LogP contribution < -0.4 is 5.73 Å². The van der Waals surface area contributed by atoms with Crippen molar-refractivity contribution in [2.45, 2.75) is 38.4 Å². The van der Waals surface area contributed by atoms with E-state index in [1.54, 1.807) is 0 Å². The molecule has 0 spiro atoms. The van der Waals surface area contributed by atoms with Crippen molar-refractivity contribution in [1.82, 2.24) is 0 Å². The molecule has 0 bridgehead atoms. The molecule has 0 aliphatic carbocycles. The Kier molecular flexibility index (Phi) is 5.05. The third-order valence-corrected chi connectivity index (χ3v) is 2.76. The van der Waals surface area contributed by atoms with E-state index < -0.39 is 29.4 Å². The average Bonchev–Trinajstić information content (AvgIpc) is 2.33. The van der Waals surface area contributed by atoms with Gasteiger partial charge in [0, 0.05) is 5.56 Å². The number of hydrogen-bond donors (Lipinski definition) is 1. The molecule has 2 N–H and O–H groups in total. The minimum absolute atomic E-state index is 0.130. The molecule has 2 nitrogen and oxygen atoms in total. The molecule has 1 rings (SSSR count). The molecular weight excluding hydrogens is 262 g/mol. The number of carbonyl (C=O) groups excluding carboxylic acids is 1. The Morgan fingerprint density at radius 2 is 2.00 bits per heavy atom. The third kappa shape index (κ3) is 4.02. The molecular formula is C13H15F4NO. The van der Waals surface area contributed by atoms with Crippen LogP contribution in [0.3, 0.4) is 0 Å². The summed E-state index contributed by atoms with van der Waals surface area (Å²) in [6.07, 6.45) is -2.76. The average molecular weight is 277 g/mol. The molecule has 0 fully saturated rings. The van der Waals surface area contributed by atoms with Crippen LogP contribution in [-0.2, 0) is 6.18 Å². The van der Waals surface area contributed by atoms with Gasteiger partial charge in [-0.05, 0) is 18.6 Å². The van der Waals surface area contributed by atoms with E-state index in [4.69, 9.17) is 5.73 Å². The van der Waals surface area contributed by atoms with Gasteiger partial charge in [0.15, 0.2) is 5.78 Å². The highest BCUT2D eigenvalue weighted by atomic mass is 19.4. The van der Waals surface area contributed by atoms with Gasteiger partial charge < -0.3 is 5.73 Å². The van der Waals surface area contributed by atoms with Gasteiger partial charge in [-0.25, -0.2) is 4.39 Å². The third-order valence-electron chi connectivity index (χ3n) is 2.76. The van der Waals surface area contributed by atoms with Crippen molar-refractivity contribution in [1.29, 1.82) is 0 Å². The Balaban J connectivity index is 2.92. The number of rotatable bonds is 5. The summed E-state index contributed by atoms with van der Waals surface area (Å²) in [5.41, 5.74) is 4.10. The number of nitrogens with two attached hydrogens (primary N) is 1. The van der Waals surface area contributed by atoms with Crippen LogP contribution in [-0.4, -0.2) is 11.8 Å². The number of carbonyl (C=O) groups is 1. The number of hydrogen-bond acceptors (Lipinski definition) is 2. The van der Waals surface area contributed by atoms with Crippen LogP contribution in [0.1, 0.15) is 42.1 Å². The second-order valence-electron chi connectivity index (χ2n) is 4.31. The molecule has 0 aliphatic rings. The van der Waals surface area contributed by atoms with Gasteiger partial charge in [0.2, 0.25) is 0 Å². The van der Waals surface area contributed by atoms with Crippen molar-refractivity contribution in [2.75, 3.05) is 0 Å². The van der Waals surface area contributed by atoms with Gasteiger partial charge in [-0.15, -0.1) is 0 Å². The van der Waals surface area contributed by atoms with E-state index in [1.165, 1.54) is 0 Å². The fourth-order valence-electron chi connectivity index (χ4n) is 1.67. The van der Waals surface area contributed by atoms with E-state index in [-0.39, 0.29) is 5.56 Å². The lowest BCUT2D eigenvalue weighted by Gasteiger charge is -2.12. The molecule has 0 aliphatic heterocycles. The molecule has 1 atom stereocenters. The molecule has 1 aromatic rings. The van der Waals surface area contributed by atoms with Crippen LogP contribution >= 0.6 is 0 Å². The molecule has 0 aromatic heterocycles. The van der Waals surface area contributed by atoms with Crippen LogP contribution in [0.4, 0.5) is 17.6 Å². The van der Waals surface area contributed by atoms with Crippen LogP contribution in [0.25, 0.3) is 0 Å². The Hall–Kier alpha value is -1.43. The van der Waals surface area contributed by atoms with Crippen molar-refractivity contribution in [2.24, 2.45) is 5.73 Å². The van der Waals surface area contributed by atoms with E-state index in [1.807, 2.05) is 6.92 Å². The summed E-state index contributed by atoms with van der Waals surface area (Å²) in [5.74, 6) is -2.00. The lowest BCUT2D eigenvalue weighted by atomic mass is 9.99. The normalized spacial score (nSPS) is 13.4. The van der Waals surface area contributed by atoms with Crippen LogP contribution in [0.5, 0.6) is 0 Å². The van der Waals surface area contributed by atoms with Crippen molar-refractivity contribution in [3.8, 4) is 0 Å². The Morgan fingerprint density at radius 3 is 2.47 bits per heavy atom. The zero-order valence-electron chi connectivity index (χ0n) is 10.4. The minimum Gasteiger partial charge on any atom is -0.321 e. The fourth-order valence-corrected chi connectivity index (χ4v) is 1.67. The summed E-state index contributed by atoms with van der Waals surface area (Å²) < 4.78 is 50.4. The van der Waals surface area contributed by atoms with Crippen LogP contribution in [0.15, 0.2) is 18.2 Å². The summed E-state index contributed by atoms with van der Waals surface area (Å²) in [4.78, 5) is 11.8. The molecule has 0 amide bonds. The predicted octanol–water partition coefficient (Wildman–Crippen LogP) is 3.54. The SMILES string of the molecule is CCCCC(N)C(=O)c1ccc(C(F)(F)F)c(F)c1. The zero-order valence-corrected chi connectivity index (χ0v) is 10.4. The highest BCUT2D eigenvalue weighted by Crippen LogP contribution is 2.31. The standard InChI is InChI=1S/C13H15F4NO/c1-2-3-4-11(18)12(19)8-5-6-9(10(14)7-8)13(15,16)17/h5-7,11H,2-4,18H2,1H3. The molecule has 0 radical (unpaired) electrons. The molecule has 1 aromatic carbocycles. The molecule has 6 heteroatoms. The summed E-state index contributed by atoms with van der Waals surface area (Å²) in [6, 6.07) is 1.31. The lowest BCUT2D eigenvalue weighted by molar-refractivity contribution is -0.140. The first kappa shape index (κ1) is 15.6. The smallest absolute Gasteiger partial charge is 0.321 e. The Bertz CT molecular complexity index is 456. The number of benzene rings is 1. The summed E-state index contributed by atoms with van der Waals surface area (Å²) >= 11 is 0. The molecule has 0 heterocycles. The van der Waals surface area contributed by atoms with E-state index in [9.17, 15) is 22.4 Å². The van der Waals surface area contributed by atoms with Crippen LogP contribution in [0, 0.1) is 5.82 Å². The summed E-state index contributed by atoms with van der Waals surface area (Å²) in [7, 11) is 0. The predicted molar refractivity (Wildman–Crippen MR) is 63.2 cm³/mol. The van der Waals surface area contributed by atoms with E-state index in [0.29, 0.717) is 18.6 Å². The van der Waals surface area contributed by atoms with Gasteiger partial charge >= 0.3 is 6.18 Å². The number of ketones is 1. The molecule has 1 unspecified atom stereocenters. The second-order valence-corrected chi connectivity index (χ2v) is 4.31. The van der Waals surface area contributed by atoms with Crippen molar-refractivity contribution in [3.63, 3.8) is 0 Å². The molecule has 0 saturated carbocycles. The Labute approximate surface area is 108 Å². The topological polar surface area (TPSA) is 43.1 Å². The lowest BCUT2D eigenvalue weighted by Crippen LogP contribution is -2.30. The highest BCUT2D eigenvalue weighted by Gasteiger charge is 2.34. The van der Waals surface area contributed by atoms with E-state index >= 15 is 0 Å². The first-order valence-corrected chi connectivity index (χ1v) is 5.94. The van der Waals surface area contributed by atoms with Crippen molar-refractivity contribution < 1.29 is 22.4 Å². The number of halogens is 4. The summed E-state index contributed by atoms with van der Waals surface area (Å²) in [6.45, 7) is 1.93. The molecule has 0 saturated heterocycles. The Morgan fingerprint density at radius 1 is 1.37 bits per heavy atom. The van der Waals surface area contributed by atoms with Crippen LogP contribution in [0.2, 0.25) is 0 Å². The first-order valence-electron chi connectivity index (χ1n) is 5.94. The number of unbranched alkanes of at least 4 members (excludes halogenated alkanes) is 1. The monoisotopic (exact) mass is 277 g/mol. The molecule has 19 heavy (non-hydrogen) atoms. The van der Waals surface area contributed by atoms with Crippen molar-refractivity contribution in [3.05, 3.63) is 35.1 Å². The van der Waals surface area contributed by atoms with Crippen molar-refractivity contribution >= 4 is 5.78 Å². The maximum Gasteiger partial charge on any atom is 0.419 e. The largest absolute Gasteiger partial charge is 0.419 e. The van der Waals surface area contributed by atoms with Gasteiger partial charge in [0.05, 0.1) is 11.6 Å². The quantitative estimate of drug-likeness (QED) is 0.660. The maximum absolute atomic E-state index is 13.3. The number of Topliss-reactive ketones (excluding diaryl/α,β-unsaturated/α-hetero) is 1. The van der Waals surface area contributed by atoms with Gasteiger partial charge in [0.25, 0.3) is 0 Å². The van der Waals surface area contributed by atoms with Gasteiger partial charge in [0.1, 0.15) is 5.82 Å².